The third-order valence-electron chi connectivity index (χ3n) is 3.36. The minimum atomic E-state index is -0.846. The summed E-state index contributed by atoms with van der Waals surface area (Å²) in [5, 5.41) is 11.5. The Hall–Kier alpha value is -1.88. The fraction of sp³-hybridized carbons (Fsp3) is 0.125. The minimum absolute atomic E-state index is 0.478. The summed E-state index contributed by atoms with van der Waals surface area (Å²) in [5.74, 6) is 0.532. The average Bonchev–Trinajstić information content (AvgIpc) is 3.00. The Morgan fingerprint density at radius 3 is 2.77 bits per heavy atom. The summed E-state index contributed by atoms with van der Waals surface area (Å²) < 4.78 is 1.84. The van der Waals surface area contributed by atoms with Crippen molar-refractivity contribution in [2.24, 2.45) is 0 Å². The SMILES string of the molecule is OC(c1cccnc1)c1nccn1Cc1cccc(Cl)c1Cl. The predicted molar refractivity (Wildman–Crippen MR) is 86.1 cm³/mol. The number of rotatable bonds is 4. The first-order valence-corrected chi connectivity index (χ1v) is 7.44. The maximum Gasteiger partial charge on any atom is 0.142 e. The van der Waals surface area contributed by atoms with E-state index < -0.39 is 6.10 Å². The molecule has 0 amide bonds. The van der Waals surface area contributed by atoms with Crippen LogP contribution in [0.15, 0.2) is 55.1 Å². The van der Waals surface area contributed by atoms with Crippen molar-refractivity contribution >= 4 is 23.2 Å². The first-order valence-electron chi connectivity index (χ1n) is 6.68. The van der Waals surface area contributed by atoms with Crippen molar-refractivity contribution in [3.05, 3.63) is 82.1 Å². The van der Waals surface area contributed by atoms with Gasteiger partial charge >= 0.3 is 0 Å². The van der Waals surface area contributed by atoms with Crippen LogP contribution in [0.2, 0.25) is 10.0 Å². The van der Waals surface area contributed by atoms with E-state index in [0.717, 1.165) is 5.56 Å². The molecule has 112 valence electrons. The van der Waals surface area contributed by atoms with Crippen LogP contribution < -0.4 is 0 Å². The number of aliphatic hydroxyl groups excluding tert-OH is 1. The van der Waals surface area contributed by atoms with E-state index in [-0.39, 0.29) is 0 Å². The number of benzene rings is 1. The lowest BCUT2D eigenvalue weighted by molar-refractivity contribution is 0.205. The molecule has 22 heavy (non-hydrogen) atoms. The van der Waals surface area contributed by atoms with E-state index in [1.807, 2.05) is 22.8 Å². The van der Waals surface area contributed by atoms with Crippen LogP contribution in [0.25, 0.3) is 0 Å². The van der Waals surface area contributed by atoms with E-state index in [4.69, 9.17) is 23.2 Å². The number of hydrogen-bond donors (Lipinski definition) is 1. The molecule has 0 aliphatic rings. The van der Waals surface area contributed by atoms with Crippen LogP contribution in [0.5, 0.6) is 0 Å². The summed E-state index contributed by atoms with van der Waals surface area (Å²) in [4.78, 5) is 8.27. The number of hydrogen-bond acceptors (Lipinski definition) is 3. The number of imidazole rings is 1. The molecule has 2 aromatic heterocycles. The summed E-state index contributed by atoms with van der Waals surface area (Å²) >= 11 is 12.3. The van der Waals surface area contributed by atoms with Gasteiger partial charge in [0.1, 0.15) is 11.9 Å². The lowest BCUT2D eigenvalue weighted by Gasteiger charge is -2.14. The zero-order valence-corrected chi connectivity index (χ0v) is 13.0. The van der Waals surface area contributed by atoms with Crippen molar-refractivity contribution < 1.29 is 5.11 Å². The van der Waals surface area contributed by atoms with Gasteiger partial charge in [0.2, 0.25) is 0 Å². The molecular weight excluding hydrogens is 321 g/mol. The van der Waals surface area contributed by atoms with Crippen LogP contribution in [-0.4, -0.2) is 19.6 Å². The molecule has 0 saturated carbocycles. The number of nitrogens with zero attached hydrogens (tertiary/aromatic N) is 3. The second kappa shape index (κ2) is 6.48. The summed E-state index contributed by atoms with van der Waals surface area (Å²) in [7, 11) is 0. The minimum Gasteiger partial charge on any atom is -0.380 e. The highest BCUT2D eigenvalue weighted by atomic mass is 35.5. The number of halogens is 2. The van der Waals surface area contributed by atoms with Gasteiger partial charge in [-0.2, -0.15) is 0 Å². The van der Waals surface area contributed by atoms with Crippen LogP contribution in [0.1, 0.15) is 23.1 Å². The Balaban J connectivity index is 1.91. The number of pyridine rings is 1. The zero-order chi connectivity index (χ0) is 15.5. The molecule has 1 atom stereocenters. The molecule has 1 aromatic carbocycles. The van der Waals surface area contributed by atoms with E-state index >= 15 is 0 Å². The van der Waals surface area contributed by atoms with E-state index in [1.165, 1.54) is 0 Å². The van der Waals surface area contributed by atoms with Gasteiger partial charge in [0.05, 0.1) is 16.6 Å². The van der Waals surface area contributed by atoms with Crippen molar-refractivity contribution in [2.75, 3.05) is 0 Å². The summed E-state index contributed by atoms with van der Waals surface area (Å²) in [6.45, 7) is 0.478. The molecule has 0 bridgehead atoms. The molecule has 3 aromatic rings. The van der Waals surface area contributed by atoms with E-state index in [1.54, 1.807) is 36.9 Å². The maximum atomic E-state index is 10.5. The normalized spacial score (nSPS) is 12.3. The fourth-order valence-electron chi connectivity index (χ4n) is 2.24. The van der Waals surface area contributed by atoms with Gasteiger partial charge in [0.15, 0.2) is 0 Å². The second-order valence-electron chi connectivity index (χ2n) is 4.82. The van der Waals surface area contributed by atoms with Gasteiger partial charge in [0.25, 0.3) is 0 Å². The van der Waals surface area contributed by atoms with Gasteiger partial charge in [-0.15, -0.1) is 0 Å². The monoisotopic (exact) mass is 333 g/mol. The first-order chi connectivity index (χ1) is 10.7. The highest BCUT2D eigenvalue weighted by molar-refractivity contribution is 6.42. The predicted octanol–water partition coefficient (Wildman–Crippen LogP) is 3.71. The Bertz CT molecular complexity index is 774. The van der Waals surface area contributed by atoms with Gasteiger partial charge in [-0.3, -0.25) is 4.98 Å². The van der Waals surface area contributed by atoms with E-state index in [2.05, 4.69) is 9.97 Å². The van der Waals surface area contributed by atoms with Crippen molar-refractivity contribution in [3.8, 4) is 0 Å². The molecule has 3 rings (SSSR count). The Labute approximate surface area is 138 Å². The molecule has 1 unspecified atom stereocenters. The average molecular weight is 334 g/mol. The molecule has 2 heterocycles. The lowest BCUT2D eigenvalue weighted by Crippen LogP contribution is -2.11. The van der Waals surface area contributed by atoms with Crippen molar-refractivity contribution in [2.45, 2.75) is 12.6 Å². The molecule has 4 nitrogen and oxygen atoms in total. The van der Waals surface area contributed by atoms with Crippen LogP contribution in [0.3, 0.4) is 0 Å². The van der Waals surface area contributed by atoms with Crippen molar-refractivity contribution in [3.63, 3.8) is 0 Å². The van der Waals surface area contributed by atoms with E-state index in [9.17, 15) is 5.11 Å². The van der Waals surface area contributed by atoms with Gasteiger partial charge in [-0.05, 0) is 17.7 Å². The van der Waals surface area contributed by atoms with Crippen LogP contribution >= 0.6 is 23.2 Å². The topological polar surface area (TPSA) is 50.9 Å². The lowest BCUT2D eigenvalue weighted by atomic mass is 10.1. The largest absolute Gasteiger partial charge is 0.380 e. The molecule has 0 fully saturated rings. The standard InChI is InChI=1S/C16H13Cl2N3O/c17-13-5-1-3-12(14(13)18)10-21-8-7-20-16(21)15(22)11-4-2-6-19-9-11/h1-9,15,22H,10H2. The van der Waals surface area contributed by atoms with Gasteiger partial charge in [0, 0.05) is 30.4 Å². The number of aromatic nitrogens is 3. The molecule has 6 heteroatoms. The third-order valence-corrected chi connectivity index (χ3v) is 4.22. The third kappa shape index (κ3) is 2.99. The molecule has 0 saturated heterocycles. The Morgan fingerprint density at radius 2 is 2.00 bits per heavy atom. The maximum absolute atomic E-state index is 10.5. The highest BCUT2D eigenvalue weighted by Gasteiger charge is 2.17. The first kappa shape index (κ1) is 15.0. The quantitative estimate of drug-likeness (QED) is 0.791. The Morgan fingerprint density at radius 1 is 1.14 bits per heavy atom. The van der Waals surface area contributed by atoms with Crippen LogP contribution in [-0.2, 0) is 6.54 Å². The molecule has 0 spiro atoms. The molecule has 0 aliphatic heterocycles. The molecular formula is C16H13Cl2N3O. The smallest absolute Gasteiger partial charge is 0.142 e. The number of aliphatic hydroxyl groups is 1. The highest BCUT2D eigenvalue weighted by Crippen LogP contribution is 2.27. The fourth-order valence-corrected chi connectivity index (χ4v) is 2.62. The van der Waals surface area contributed by atoms with E-state index in [0.29, 0.717) is 28.0 Å². The summed E-state index contributed by atoms with van der Waals surface area (Å²) in [5.41, 5.74) is 1.55. The van der Waals surface area contributed by atoms with Gasteiger partial charge in [-0.1, -0.05) is 41.4 Å². The van der Waals surface area contributed by atoms with Crippen molar-refractivity contribution in [1.29, 1.82) is 0 Å². The zero-order valence-electron chi connectivity index (χ0n) is 11.5. The Kier molecular flexibility index (Phi) is 4.43. The van der Waals surface area contributed by atoms with Crippen LogP contribution in [0, 0.1) is 0 Å². The molecule has 0 radical (unpaired) electrons. The van der Waals surface area contributed by atoms with Crippen LogP contribution in [0.4, 0.5) is 0 Å². The summed E-state index contributed by atoms with van der Waals surface area (Å²) in [6, 6.07) is 9.07. The van der Waals surface area contributed by atoms with Gasteiger partial charge in [-0.25, -0.2) is 4.98 Å². The molecule has 1 N–H and O–H groups in total. The molecule has 0 aliphatic carbocycles. The van der Waals surface area contributed by atoms with Gasteiger partial charge < -0.3 is 9.67 Å². The van der Waals surface area contributed by atoms with Crippen molar-refractivity contribution in [1.82, 2.24) is 14.5 Å². The summed E-state index contributed by atoms with van der Waals surface area (Å²) in [6.07, 6.45) is 5.88. The second-order valence-corrected chi connectivity index (χ2v) is 5.60.